The summed E-state index contributed by atoms with van der Waals surface area (Å²) in [5, 5.41) is 0. The molecule has 0 aliphatic carbocycles. The number of carbonyl (C=O) groups is 1. The lowest BCUT2D eigenvalue weighted by molar-refractivity contribution is -0.127. The molecule has 1 aliphatic heterocycles. The van der Waals surface area contributed by atoms with Crippen molar-refractivity contribution in [3.63, 3.8) is 0 Å². The van der Waals surface area contributed by atoms with Gasteiger partial charge in [-0.05, 0) is 35.8 Å². The molecule has 0 saturated carbocycles. The minimum atomic E-state index is -0.0263. The summed E-state index contributed by atoms with van der Waals surface area (Å²) in [5.41, 5.74) is 3.66. The van der Waals surface area contributed by atoms with E-state index in [4.69, 9.17) is 11.6 Å². The minimum Gasteiger partial charge on any atom is -0.334 e. The third-order valence-corrected chi connectivity index (χ3v) is 5.36. The fourth-order valence-corrected chi connectivity index (χ4v) is 4.31. The highest BCUT2D eigenvalue weighted by atomic mass is 35.5. The Morgan fingerprint density at radius 2 is 2.24 bits per heavy atom. The average molecular weight is 318 g/mol. The zero-order chi connectivity index (χ0) is 15.0. The summed E-state index contributed by atoms with van der Waals surface area (Å²) in [5.74, 6) is 0.165. The third-order valence-electron chi connectivity index (χ3n) is 3.94. The van der Waals surface area contributed by atoms with Gasteiger partial charge in [0.05, 0.1) is 4.34 Å². The van der Waals surface area contributed by atoms with Crippen molar-refractivity contribution in [1.82, 2.24) is 4.90 Å². The number of hydrogen-bond acceptors (Lipinski definition) is 2. The maximum absolute atomic E-state index is 12.0. The summed E-state index contributed by atoms with van der Waals surface area (Å²) in [6, 6.07) is 10.3. The molecule has 2 nitrogen and oxygen atoms in total. The zero-order valence-corrected chi connectivity index (χ0v) is 13.4. The van der Waals surface area contributed by atoms with E-state index in [1.807, 2.05) is 23.1 Å². The molecule has 0 unspecified atom stereocenters. The van der Waals surface area contributed by atoms with Gasteiger partial charge in [-0.25, -0.2) is 0 Å². The molecule has 2 aromatic rings. The van der Waals surface area contributed by atoms with Crippen LogP contribution in [0.15, 0.2) is 43.0 Å². The normalized spacial score (nSPS) is 17.4. The first-order chi connectivity index (χ1) is 10.1. The maximum atomic E-state index is 12.0. The first-order valence-corrected chi connectivity index (χ1v) is 8.04. The molecule has 0 fully saturated rings. The van der Waals surface area contributed by atoms with Crippen LogP contribution in [-0.4, -0.2) is 17.4 Å². The van der Waals surface area contributed by atoms with Crippen molar-refractivity contribution in [3.8, 4) is 0 Å². The lowest BCUT2D eigenvalue weighted by Gasteiger charge is -2.33. The predicted molar refractivity (Wildman–Crippen MR) is 88.0 cm³/mol. The number of fused-ring (bicyclic) bond motifs is 1. The molecule has 3 rings (SSSR count). The number of hydrogen-bond donors (Lipinski definition) is 0. The van der Waals surface area contributed by atoms with Crippen LogP contribution in [0.1, 0.15) is 27.5 Å². The molecule has 2 heterocycles. The summed E-state index contributed by atoms with van der Waals surface area (Å²) in [6.45, 7) is 7.00. The SMILES string of the molecule is C=CC(=O)N1Cc2cc(Cl)sc2[C@H](c2ccccc2C)C1. The molecule has 0 spiro atoms. The van der Waals surface area contributed by atoms with E-state index in [0.29, 0.717) is 13.1 Å². The largest absolute Gasteiger partial charge is 0.334 e. The first kappa shape index (κ1) is 14.4. The Hall–Kier alpha value is -1.58. The summed E-state index contributed by atoms with van der Waals surface area (Å²) in [4.78, 5) is 15.1. The molecule has 0 saturated heterocycles. The van der Waals surface area contributed by atoms with Gasteiger partial charge in [0.2, 0.25) is 5.91 Å². The quantitative estimate of drug-likeness (QED) is 0.753. The number of carbonyl (C=O) groups excluding carboxylic acids is 1. The van der Waals surface area contributed by atoms with Crippen molar-refractivity contribution in [1.29, 1.82) is 0 Å². The van der Waals surface area contributed by atoms with E-state index in [1.165, 1.54) is 22.1 Å². The molecule has 1 amide bonds. The second-order valence-electron chi connectivity index (χ2n) is 5.27. The van der Waals surface area contributed by atoms with E-state index in [2.05, 4.69) is 25.6 Å². The van der Waals surface area contributed by atoms with Crippen molar-refractivity contribution in [2.24, 2.45) is 0 Å². The summed E-state index contributed by atoms with van der Waals surface area (Å²) in [6.07, 6.45) is 1.38. The van der Waals surface area contributed by atoms with Crippen LogP contribution in [0.4, 0.5) is 0 Å². The fraction of sp³-hybridized carbons (Fsp3) is 0.235. The van der Waals surface area contributed by atoms with Gasteiger partial charge < -0.3 is 4.90 Å². The minimum absolute atomic E-state index is 0.0263. The smallest absolute Gasteiger partial charge is 0.246 e. The van der Waals surface area contributed by atoms with E-state index in [-0.39, 0.29) is 11.8 Å². The Labute approximate surface area is 133 Å². The molecular weight excluding hydrogens is 302 g/mol. The van der Waals surface area contributed by atoms with Crippen molar-refractivity contribution < 1.29 is 4.79 Å². The van der Waals surface area contributed by atoms with Crippen LogP contribution in [0.3, 0.4) is 0 Å². The lowest BCUT2D eigenvalue weighted by Crippen LogP contribution is -2.37. The average Bonchev–Trinajstić information content (AvgIpc) is 2.86. The number of benzene rings is 1. The Morgan fingerprint density at radius 1 is 1.48 bits per heavy atom. The molecule has 4 heteroatoms. The predicted octanol–water partition coefficient (Wildman–Crippen LogP) is 4.37. The first-order valence-electron chi connectivity index (χ1n) is 6.85. The number of rotatable bonds is 2. The van der Waals surface area contributed by atoms with E-state index in [9.17, 15) is 4.79 Å². The van der Waals surface area contributed by atoms with Gasteiger partial charge >= 0.3 is 0 Å². The van der Waals surface area contributed by atoms with Crippen LogP contribution in [0, 0.1) is 6.92 Å². The van der Waals surface area contributed by atoms with E-state index in [0.717, 1.165) is 9.90 Å². The monoisotopic (exact) mass is 317 g/mol. The highest BCUT2D eigenvalue weighted by molar-refractivity contribution is 7.16. The van der Waals surface area contributed by atoms with Gasteiger partial charge in [0.25, 0.3) is 0 Å². The van der Waals surface area contributed by atoms with Crippen LogP contribution in [0.25, 0.3) is 0 Å². The standard InChI is InChI=1S/C17H16ClNOS/c1-3-16(20)19-9-12-8-15(18)21-17(12)14(10-19)13-7-5-4-6-11(13)2/h3-8,14H,1,9-10H2,2H3/t14-/m0/s1. The number of thiophene rings is 1. The summed E-state index contributed by atoms with van der Waals surface area (Å²) >= 11 is 7.82. The van der Waals surface area contributed by atoms with Gasteiger partial charge in [0.1, 0.15) is 0 Å². The topological polar surface area (TPSA) is 20.3 Å². The Bertz CT molecular complexity index is 707. The van der Waals surface area contributed by atoms with Crippen LogP contribution in [0.5, 0.6) is 0 Å². The molecule has 108 valence electrons. The highest BCUT2D eigenvalue weighted by Crippen LogP contribution is 2.41. The molecule has 0 N–H and O–H groups in total. The Morgan fingerprint density at radius 3 is 2.95 bits per heavy atom. The Kier molecular flexibility index (Phi) is 3.87. The summed E-state index contributed by atoms with van der Waals surface area (Å²) in [7, 11) is 0. The van der Waals surface area contributed by atoms with Crippen LogP contribution < -0.4 is 0 Å². The van der Waals surface area contributed by atoms with Gasteiger partial charge in [0.15, 0.2) is 0 Å². The second kappa shape index (κ2) is 5.66. The number of aryl methyl sites for hydroxylation is 1. The molecule has 21 heavy (non-hydrogen) atoms. The number of amides is 1. The van der Waals surface area contributed by atoms with Gasteiger partial charge in [-0.15, -0.1) is 11.3 Å². The fourth-order valence-electron chi connectivity index (χ4n) is 2.91. The van der Waals surface area contributed by atoms with Crippen LogP contribution >= 0.6 is 22.9 Å². The van der Waals surface area contributed by atoms with Gasteiger partial charge in [-0.1, -0.05) is 42.4 Å². The third kappa shape index (κ3) is 2.63. The Balaban J connectivity index is 2.08. The van der Waals surface area contributed by atoms with Gasteiger partial charge in [-0.3, -0.25) is 4.79 Å². The van der Waals surface area contributed by atoms with Crippen molar-refractivity contribution in [3.05, 3.63) is 68.9 Å². The lowest BCUT2D eigenvalue weighted by atomic mass is 9.88. The molecule has 0 bridgehead atoms. The number of nitrogens with zero attached hydrogens (tertiary/aromatic N) is 1. The summed E-state index contributed by atoms with van der Waals surface area (Å²) < 4.78 is 0.784. The van der Waals surface area contributed by atoms with Crippen molar-refractivity contribution in [2.45, 2.75) is 19.4 Å². The van der Waals surface area contributed by atoms with Gasteiger partial charge in [-0.2, -0.15) is 0 Å². The zero-order valence-electron chi connectivity index (χ0n) is 11.8. The van der Waals surface area contributed by atoms with Crippen molar-refractivity contribution in [2.75, 3.05) is 6.54 Å². The molecule has 1 aromatic heterocycles. The molecule has 0 radical (unpaired) electrons. The van der Waals surface area contributed by atoms with E-state index in [1.54, 1.807) is 11.3 Å². The molecule has 1 atom stereocenters. The molecule has 1 aliphatic rings. The van der Waals surface area contributed by atoms with Crippen LogP contribution in [0.2, 0.25) is 4.34 Å². The molecular formula is C17H16ClNOS. The van der Waals surface area contributed by atoms with Gasteiger partial charge in [0, 0.05) is 23.9 Å². The second-order valence-corrected chi connectivity index (χ2v) is 6.99. The van der Waals surface area contributed by atoms with E-state index < -0.39 is 0 Å². The van der Waals surface area contributed by atoms with Crippen molar-refractivity contribution >= 4 is 28.8 Å². The molecule has 1 aromatic carbocycles. The van der Waals surface area contributed by atoms with Crippen LogP contribution in [-0.2, 0) is 11.3 Å². The van der Waals surface area contributed by atoms with E-state index >= 15 is 0 Å². The number of halogens is 1. The highest BCUT2D eigenvalue weighted by Gasteiger charge is 2.31. The maximum Gasteiger partial charge on any atom is 0.246 e.